The maximum atomic E-state index is 10.1. The fraction of sp³-hybridized carbons (Fsp3) is 0.500. The highest BCUT2D eigenvalue weighted by atomic mass is 79.9. The van der Waals surface area contributed by atoms with Crippen LogP contribution in [-0.2, 0) is 4.79 Å². The van der Waals surface area contributed by atoms with E-state index >= 15 is 0 Å². The summed E-state index contributed by atoms with van der Waals surface area (Å²) in [4.78, 5) is 10.1. The number of nitrogens with two attached hydrogens (primary N) is 1. The van der Waals surface area contributed by atoms with Gasteiger partial charge >= 0.3 is 5.97 Å². The second-order valence-electron chi connectivity index (χ2n) is 1.80. The predicted octanol–water partition coefficient (Wildman–Crippen LogP) is 0.944. The van der Waals surface area contributed by atoms with Gasteiger partial charge < -0.3 is 10.8 Å². The van der Waals surface area contributed by atoms with E-state index in [-0.39, 0.29) is 22.6 Å². The lowest BCUT2D eigenvalue weighted by atomic mass is 10.2. The van der Waals surface area contributed by atoms with Crippen LogP contribution in [0.2, 0.25) is 0 Å². The average Bonchev–Trinajstić information content (AvgIpc) is 1.82. The smallest absolute Gasteiger partial charge is 0.330 e. The lowest BCUT2D eigenvalue weighted by molar-refractivity contribution is -0.132. The Balaban J connectivity index is 0. The lowest BCUT2D eigenvalue weighted by Crippen LogP contribution is -2.03. The molecule has 0 unspecified atom stereocenters. The van der Waals surface area contributed by atoms with Gasteiger partial charge in [0, 0.05) is 5.57 Å². The van der Waals surface area contributed by atoms with Crippen molar-refractivity contribution in [1.29, 1.82) is 0 Å². The van der Waals surface area contributed by atoms with Gasteiger partial charge in [-0.05, 0) is 19.4 Å². The molecule has 0 radical (unpaired) electrons. The summed E-state index contributed by atoms with van der Waals surface area (Å²) in [6.07, 6.45) is 1.19. The van der Waals surface area contributed by atoms with E-state index < -0.39 is 5.97 Å². The van der Waals surface area contributed by atoms with E-state index in [0.717, 1.165) is 0 Å². The van der Waals surface area contributed by atoms with Crippen molar-refractivity contribution < 1.29 is 9.90 Å². The standard InChI is InChI=1S/C6H11NO2.BrH/c1-5(6(8)9)3-2-4-7;/h1-4,7H2,(H,8,9);1H. The van der Waals surface area contributed by atoms with Gasteiger partial charge in [-0.1, -0.05) is 6.58 Å². The van der Waals surface area contributed by atoms with Crippen LogP contribution in [0.15, 0.2) is 12.2 Å². The molecule has 0 bridgehead atoms. The first kappa shape index (κ1) is 12.3. The van der Waals surface area contributed by atoms with Crippen LogP contribution >= 0.6 is 17.0 Å². The van der Waals surface area contributed by atoms with E-state index in [1.807, 2.05) is 0 Å². The van der Waals surface area contributed by atoms with E-state index in [9.17, 15) is 4.79 Å². The van der Waals surface area contributed by atoms with Gasteiger partial charge in [0.25, 0.3) is 0 Å². The van der Waals surface area contributed by atoms with Crippen molar-refractivity contribution in [2.24, 2.45) is 5.73 Å². The second-order valence-corrected chi connectivity index (χ2v) is 1.80. The fourth-order valence-corrected chi connectivity index (χ4v) is 0.422. The molecule has 0 aliphatic carbocycles. The van der Waals surface area contributed by atoms with Crippen LogP contribution < -0.4 is 5.73 Å². The van der Waals surface area contributed by atoms with Gasteiger partial charge in [-0.25, -0.2) is 4.79 Å². The predicted molar refractivity (Wildman–Crippen MR) is 45.4 cm³/mol. The van der Waals surface area contributed by atoms with Crippen molar-refractivity contribution in [3.63, 3.8) is 0 Å². The number of hydrogen-bond donors (Lipinski definition) is 2. The number of carboxylic acid groups (broad SMARTS) is 1. The molecule has 0 aromatic heterocycles. The molecular weight excluding hydrogens is 198 g/mol. The first-order chi connectivity index (χ1) is 4.18. The van der Waals surface area contributed by atoms with Crippen LogP contribution in [0.5, 0.6) is 0 Å². The van der Waals surface area contributed by atoms with Crippen LogP contribution in [0.4, 0.5) is 0 Å². The van der Waals surface area contributed by atoms with Crippen molar-refractivity contribution >= 4 is 23.0 Å². The highest BCUT2D eigenvalue weighted by molar-refractivity contribution is 8.93. The molecule has 0 heterocycles. The summed E-state index contributed by atoms with van der Waals surface area (Å²) in [5.74, 6) is -0.927. The quantitative estimate of drug-likeness (QED) is 0.679. The third-order valence-corrected chi connectivity index (χ3v) is 0.985. The summed E-state index contributed by atoms with van der Waals surface area (Å²) in [5.41, 5.74) is 5.38. The third kappa shape index (κ3) is 5.78. The normalized spacial score (nSPS) is 8.10. The largest absolute Gasteiger partial charge is 0.478 e. The molecule has 0 aromatic carbocycles. The number of rotatable bonds is 4. The monoisotopic (exact) mass is 209 g/mol. The Morgan fingerprint density at radius 3 is 2.40 bits per heavy atom. The minimum Gasteiger partial charge on any atom is -0.478 e. The van der Waals surface area contributed by atoms with Gasteiger partial charge in [0.1, 0.15) is 0 Å². The molecule has 3 nitrogen and oxygen atoms in total. The molecule has 0 spiro atoms. The van der Waals surface area contributed by atoms with Crippen molar-refractivity contribution in [3.8, 4) is 0 Å². The maximum Gasteiger partial charge on any atom is 0.330 e. The zero-order chi connectivity index (χ0) is 7.28. The molecule has 0 rings (SSSR count). The average molecular weight is 210 g/mol. The molecule has 0 atom stereocenters. The highest BCUT2D eigenvalue weighted by Crippen LogP contribution is 1.99. The molecule has 0 saturated carbocycles. The van der Waals surface area contributed by atoms with E-state index in [1.165, 1.54) is 0 Å². The van der Waals surface area contributed by atoms with Crippen LogP contribution in [-0.4, -0.2) is 17.6 Å². The zero-order valence-electron chi connectivity index (χ0n) is 5.67. The number of hydrogen-bond acceptors (Lipinski definition) is 2. The lowest BCUT2D eigenvalue weighted by Gasteiger charge is -1.95. The molecule has 3 N–H and O–H groups in total. The van der Waals surface area contributed by atoms with Gasteiger partial charge in [0.2, 0.25) is 0 Å². The van der Waals surface area contributed by atoms with E-state index in [2.05, 4.69) is 6.58 Å². The minimum absolute atomic E-state index is 0. The Hall–Kier alpha value is -0.350. The Morgan fingerprint density at radius 1 is 1.60 bits per heavy atom. The van der Waals surface area contributed by atoms with E-state index in [4.69, 9.17) is 10.8 Å². The summed E-state index contributed by atoms with van der Waals surface area (Å²) in [7, 11) is 0. The van der Waals surface area contributed by atoms with Gasteiger partial charge in [0.05, 0.1) is 0 Å². The molecule has 10 heavy (non-hydrogen) atoms. The zero-order valence-corrected chi connectivity index (χ0v) is 7.38. The van der Waals surface area contributed by atoms with Crippen LogP contribution in [0.1, 0.15) is 12.8 Å². The SMILES string of the molecule is Br.C=C(CCCN)C(=O)O. The van der Waals surface area contributed by atoms with E-state index in [1.54, 1.807) is 0 Å². The first-order valence-electron chi connectivity index (χ1n) is 2.79. The van der Waals surface area contributed by atoms with Crippen molar-refractivity contribution in [3.05, 3.63) is 12.2 Å². The summed E-state index contributed by atoms with van der Waals surface area (Å²) < 4.78 is 0. The molecule has 0 fully saturated rings. The summed E-state index contributed by atoms with van der Waals surface area (Å²) in [6.45, 7) is 3.86. The summed E-state index contributed by atoms with van der Waals surface area (Å²) in [6, 6.07) is 0. The molecule has 0 aromatic rings. The summed E-state index contributed by atoms with van der Waals surface area (Å²) >= 11 is 0. The molecule has 0 saturated heterocycles. The Labute approximate surface area is 70.7 Å². The molecule has 4 heteroatoms. The van der Waals surface area contributed by atoms with Crippen LogP contribution in [0.25, 0.3) is 0 Å². The Kier molecular flexibility index (Phi) is 8.35. The van der Waals surface area contributed by atoms with Crippen molar-refractivity contribution in [2.45, 2.75) is 12.8 Å². The molecule has 0 aliphatic rings. The van der Waals surface area contributed by atoms with Gasteiger partial charge in [-0.3, -0.25) is 0 Å². The van der Waals surface area contributed by atoms with E-state index in [0.29, 0.717) is 19.4 Å². The molecule has 0 amide bonds. The first-order valence-corrected chi connectivity index (χ1v) is 2.79. The second kappa shape index (κ2) is 6.77. The third-order valence-electron chi connectivity index (χ3n) is 0.985. The molecular formula is C6H12BrNO2. The Morgan fingerprint density at radius 2 is 2.10 bits per heavy atom. The maximum absolute atomic E-state index is 10.1. The number of halogens is 1. The summed E-state index contributed by atoms with van der Waals surface area (Å²) in [5, 5.41) is 8.27. The highest BCUT2D eigenvalue weighted by Gasteiger charge is 2.00. The van der Waals surface area contributed by atoms with Gasteiger partial charge in [-0.15, -0.1) is 17.0 Å². The Bertz CT molecular complexity index is 125. The topological polar surface area (TPSA) is 63.3 Å². The minimum atomic E-state index is -0.927. The van der Waals surface area contributed by atoms with Gasteiger partial charge in [0.15, 0.2) is 0 Å². The van der Waals surface area contributed by atoms with Crippen molar-refractivity contribution in [2.75, 3.05) is 6.54 Å². The van der Waals surface area contributed by atoms with Crippen molar-refractivity contribution in [1.82, 2.24) is 0 Å². The van der Waals surface area contributed by atoms with Crippen LogP contribution in [0.3, 0.4) is 0 Å². The number of aliphatic carboxylic acids is 1. The fourth-order valence-electron chi connectivity index (χ4n) is 0.422. The van der Waals surface area contributed by atoms with Crippen LogP contribution in [0, 0.1) is 0 Å². The van der Waals surface area contributed by atoms with Gasteiger partial charge in [-0.2, -0.15) is 0 Å². The number of carbonyl (C=O) groups is 1. The molecule has 0 aliphatic heterocycles. The molecule has 60 valence electrons. The number of carboxylic acids is 1.